The summed E-state index contributed by atoms with van der Waals surface area (Å²) in [5.74, 6) is 0.463. The van der Waals surface area contributed by atoms with Gasteiger partial charge in [0, 0.05) is 25.6 Å². The lowest BCUT2D eigenvalue weighted by Gasteiger charge is -2.17. The molecule has 0 spiro atoms. The first-order valence-corrected chi connectivity index (χ1v) is 7.17. The topological polar surface area (TPSA) is 70.2 Å². The highest BCUT2D eigenvalue weighted by Crippen LogP contribution is 1.91. The number of carbonyl (C=O) groups is 2. The van der Waals surface area contributed by atoms with Gasteiger partial charge in [-0.1, -0.05) is 20.8 Å². The maximum absolute atomic E-state index is 11.7. The number of carbonyl (C=O) groups excluding carboxylic acids is 2. The molecular weight excluding hydrogens is 242 g/mol. The summed E-state index contributed by atoms with van der Waals surface area (Å²) in [5, 5.41) is 8.81. The van der Waals surface area contributed by atoms with E-state index in [4.69, 9.17) is 0 Å². The molecule has 0 fully saturated rings. The molecule has 2 atom stereocenters. The fraction of sp³-hybridized carbons (Fsp3) is 0.857. The third-order valence-corrected chi connectivity index (χ3v) is 2.90. The zero-order valence-electron chi connectivity index (χ0n) is 12.9. The smallest absolute Gasteiger partial charge is 0.237 e. The predicted octanol–water partition coefficient (Wildman–Crippen LogP) is 1.04. The van der Waals surface area contributed by atoms with Crippen LogP contribution in [-0.4, -0.2) is 37.0 Å². The van der Waals surface area contributed by atoms with Crippen molar-refractivity contribution in [2.45, 2.75) is 59.5 Å². The Hall–Kier alpha value is -1.10. The Morgan fingerprint density at radius 3 is 2.26 bits per heavy atom. The summed E-state index contributed by atoms with van der Waals surface area (Å²) in [5.41, 5.74) is 0. The molecule has 0 aliphatic carbocycles. The standard InChI is InChI=1S/C14H29N3O2/c1-6-11(4)17-14(19)12(5)15-8-7-13(18)16-9-10(2)3/h10-12,15H,6-9H2,1-5H3,(H,16,18)(H,17,19). The van der Waals surface area contributed by atoms with Crippen LogP contribution in [0, 0.1) is 5.92 Å². The van der Waals surface area contributed by atoms with E-state index >= 15 is 0 Å². The summed E-state index contributed by atoms with van der Waals surface area (Å²) >= 11 is 0. The molecule has 112 valence electrons. The molecule has 0 saturated carbocycles. The average Bonchev–Trinajstić information content (AvgIpc) is 2.35. The third kappa shape index (κ3) is 9.47. The van der Waals surface area contributed by atoms with Crippen LogP contribution < -0.4 is 16.0 Å². The van der Waals surface area contributed by atoms with E-state index in [-0.39, 0.29) is 23.9 Å². The molecule has 0 saturated heterocycles. The number of hydrogen-bond acceptors (Lipinski definition) is 3. The first-order chi connectivity index (χ1) is 8.86. The maximum atomic E-state index is 11.7. The minimum absolute atomic E-state index is 0.0167. The highest BCUT2D eigenvalue weighted by atomic mass is 16.2. The van der Waals surface area contributed by atoms with Crippen LogP contribution in [0.5, 0.6) is 0 Å². The molecule has 0 bridgehead atoms. The highest BCUT2D eigenvalue weighted by Gasteiger charge is 2.14. The quantitative estimate of drug-likeness (QED) is 0.587. The lowest BCUT2D eigenvalue weighted by Crippen LogP contribution is -2.46. The Morgan fingerprint density at radius 2 is 1.74 bits per heavy atom. The van der Waals surface area contributed by atoms with Gasteiger partial charge in [0.2, 0.25) is 11.8 Å². The van der Waals surface area contributed by atoms with Crippen LogP contribution in [-0.2, 0) is 9.59 Å². The summed E-state index contributed by atoms with van der Waals surface area (Å²) in [7, 11) is 0. The molecule has 0 aromatic carbocycles. The van der Waals surface area contributed by atoms with Gasteiger partial charge in [0.15, 0.2) is 0 Å². The Bertz CT molecular complexity index is 280. The molecule has 2 unspecified atom stereocenters. The monoisotopic (exact) mass is 271 g/mol. The van der Waals surface area contributed by atoms with Crippen LogP contribution in [0.4, 0.5) is 0 Å². The number of rotatable bonds is 9. The van der Waals surface area contributed by atoms with Crippen molar-refractivity contribution < 1.29 is 9.59 Å². The van der Waals surface area contributed by atoms with Gasteiger partial charge in [0.1, 0.15) is 0 Å². The minimum Gasteiger partial charge on any atom is -0.356 e. The Kier molecular flexibility index (Phi) is 9.21. The second-order valence-corrected chi connectivity index (χ2v) is 5.44. The van der Waals surface area contributed by atoms with Crippen molar-refractivity contribution in [3.05, 3.63) is 0 Å². The van der Waals surface area contributed by atoms with Crippen molar-refractivity contribution in [1.29, 1.82) is 0 Å². The van der Waals surface area contributed by atoms with Crippen molar-refractivity contribution in [3.63, 3.8) is 0 Å². The summed E-state index contributed by atoms with van der Waals surface area (Å²) in [4.78, 5) is 23.2. The SMILES string of the molecule is CCC(C)NC(=O)C(C)NCCC(=O)NCC(C)C. The van der Waals surface area contributed by atoms with Crippen molar-refractivity contribution in [2.24, 2.45) is 5.92 Å². The van der Waals surface area contributed by atoms with Gasteiger partial charge in [0.05, 0.1) is 6.04 Å². The summed E-state index contributed by atoms with van der Waals surface area (Å²) < 4.78 is 0. The van der Waals surface area contributed by atoms with Gasteiger partial charge in [0.25, 0.3) is 0 Å². The Balaban J connectivity index is 3.75. The first-order valence-electron chi connectivity index (χ1n) is 7.17. The molecule has 0 heterocycles. The molecule has 5 nitrogen and oxygen atoms in total. The zero-order chi connectivity index (χ0) is 14.8. The van der Waals surface area contributed by atoms with Gasteiger partial charge >= 0.3 is 0 Å². The molecule has 3 N–H and O–H groups in total. The molecule has 19 heavy (non-hydrogen) atoms. The number of hydrogen-bond donors (Lipinski definition) is 3. The second-order valence-electron chi connectivity index (χ2n) is 5.44. The van der Waals surface area contributed by atoms with Crippen LogP contribution in [0.3, 0.4) is 0 Å². The summed E-state index contributed by atoms with van der Waals surface area (Å²) in [6.07, 6.45) is 1.31. The molecule has 0 aromatic rings. The van der Waals surface area contributed by atoms with E-state index in [0.29, 0.717) is 25.4 Å². The van der Waals surface area contributed by atoms with E-state index in [1.54, 1.807) is 0 Å². The predicted molar refractivity (Wildman–Crippen MR) is 77.8 cm³/mol. The Morgan fingerprint density at radius 1 is 1.11 bits per heavy atom. The van der Waals surface area contributed by atoms with Gasteiger partial charge in [-0.25, -0.2) is 0 Å². The molecular formula is C14H29N3O2. The van der Waals surface area contributed by atoms with E-state index < -0.39 is 0 Å². The number of amides is 2. The van der Waals surface area contributed by atoms with Crippen LogP contribution in [0.25, 0.3) is 0 Å². The van der Waals surface area contributed by atoms with Gasteiger partial charge in [-0.3, -0.25) is 9.59 Å². The van der Waals surface area contributed by atoms with Crippen LogP contribution >= 0.6 is 0 Å². The molecule has 0 aliphatic rings. The van der Waals surface area contributed by atoms with Crippen molar-refractivity contribution in [3.8, 4) is 0 Å². The molecule has 0 aromatic heterocycles. The minimum atomic E-state index is -0.271. The summed E-state index contributed by atoms with van der Waals surface area (Å²) in [6, 6.07) is -0.0852. The lowest BCUT2D eigenvalue weighted by molar-refractivity contribution is -0.124. The maximum Gasteiger partial charge on any atom is 0.237 e. The average molecular weight is 271 g/mol. The fourth-order valence-electron chi connectivity index (χ4n) is 1.37. The second kappa shape index (κ2) is 9.78. The molecule has 2 amide bonds. The zero-order valence-corrected chi connectivity index (χ0v) is 12.9. The molecule has 0 rings (SSSR count). The van der Waals surface area contributed by atoms with E-state index in [1.807, 2.05) is 20.8 Å². The number of nitrogens with one attached hydrogen (secondary N) is 3. The Labute approximate surface area is 116 Å². The van der Waals surface area contributed by atoms with Gasteiger partial charge in [-0.05, 0) is 26.2 Å². The van der Waals surface area contributed by atoms with Crippen LogP contribution in [0.2, 0.25) is 0 Å². The van der Waals surface area contributed by atoms with Crippen molar-refractivity contribution in [2.75, 3.05) is 13.1 Å². The van der Waals surface area contributed by atoms with Crippen LogP contribution in [0.1, 0.15) is 47.5 Å². The van der Waals surface area contributed by atoms with E-state index in [2.05, 4.69) is 29.8 Å². The van der Waals surface area contributed by atoms with Crippen LogP contribution in [0.15, 0.2) is 0 Å². The fourth-order valence-corrected chi connectivity index (χ4v) is 1.37. The van der Waals surface area contributed by atoms with Crippen molar-refractivity contribution in [1.82, 2.24) is 16.0 Å². The lowest BCUT2D eigenvalue weighted by atomic mass is 10.2. The van der Waals surface area contributed by atoms with Gasteiger partial charge < -0.3 is 16.0 Å². The van der Waals surface area contributed by atoms with Crippen molar-refractivity contribution >= 4 is 11.8 Å². The van der Waals surface area contributed by atoms with Gasteiger partial charge in [-0.2, -0.15) is 0 Å². The van der Waals surface area contributed by atoms with Gasteiger partial charge in [-0.15, -0.1) is 0 Å². The largest absolute Gasteiger partial charge is 0.356 e. The third-order valence-electron chi connectivity index (χ3n) is 2.90. The van der Waals surface area contributed by atoms with E-state index in [1.165, 1.54) is 0 Å². The molecule has 5 heteroatoms. The highest BCUT2D eigenvalue weighted by molar-refractivity contribution is 5.81. The molecule has 0 aliphatic heterocycles. The molecule has 0 radical (unpaired) electrons. The normalized spacial score (nSPS) is 14.0. The first kappa shape index (κ1) is 17.9. The summed E-state index contributed by atoms with van der Waals surface area (Å²) in [6.45, 7) is 11.1. The van der Waals surface area contributed by atoms with E-state index in [9.17, 15) is 9.59 Å². The van der Waals surface area contributed by atoms with E-state index in [0.717, 1.165) is 6.42 Å².